The lowest BCUT2D eigenvalue weighted by Crippen LogP contribution is -1.98. The summed E-state index contributed by atoms with van der Waals surface area (Å²) in [4.78, 5) is 13.2. The van der Waals surface area contributed by atoms with Crippen molar-refractivity contribution in [3.63, 3.8) is 0 Å². The Morgan fingerprint density at radius 2 is 1.80 bits per heavy atom. The van der Waals surface area contributed by atoms with Crippen molar-refractivity contribution in [3.8, 4) is 0 Å². The summed E-state index contributed by atoms with van der Waals surface area (Å²) in [6, 6.07) is 6.07. The van der Waals surface area contributed by atoms with Gasteiger partial charge in [-0.15, -0.1) is 0 Å². The van der Waals surface area contributed by atoms with Gasteiger partial charge in [0.2, 0.25) is 0 Å². The van der Waals surface area contributed by atoms with Crippen LogP contribution in [0.2, 0.25) is 0 Å². The molecule has 3 heteroatoms. The lowest BCUT2D eigenvalue weighted by Gasteiger charge is -2.11. The summed E-state index contributed by atoms with van der Waals surface area (Å²) in [5, 5.41) is 0. The third-order valence-electron chi connectivity index (χ3n) is 5.23. The molecule has 1 N–H and O–H groups in total. The van der Waals surface area contributed by atoms with Crippen molar-refractivity contribution in [3.05, 3.63) is 69.4 Å². The molecule has 3 nitrogen and oxygen atoms in total. The van der Waals surface area contributed by atoms with Gasteiger partial charge < -0.3 is 4.98 Å². The molecule has 0 fully saturated rings. The van der Waals surface area contributed by atoms with E-state index in [-0.39, 0.29) is 0 Å². The Kier molecular flexibility index (Phi) is 4.76. The van der Waals surface area contributed by atoms with Crippen LogP contribution < -0.4 is 0 Å². The molecule has 3 heterocycles. The molecule has 0 saturated carbocycles. The van der Waals surface area contributed by atoms with Crippen molar-refractivity contribution in [2.75, 3.05) is 0 Å². The molecule has 3 rings (SSSR count). The van der Waals surface area contributed by atoms with Crippen LogP contribution in [0.3, 0.4) is 0 Å². The number of aliphatic imine (C=N–C) groups is 1. The van der Waals surface area contributed by atoms with Gasteiger partial charge in [-0.1, -0.05) is 19.9 Å². The molecule has 0 unspecified atom stereocenters. The van der Waals surface area contributed by atoms with Crippen LogP contribution in [0.25, 0.3) is 5.57 Å². The van der Waals surface area contributed by atoms with Crippen molar-refractivity contribution >= 4 is 11.3 Å². The highest BCUT2D eigenvalue weighted by molar-refractivity contribution is 6.05. The van der Waals surface area contributed by atoms with E-state index >= 15 is 0 Å². The number of aryl methyl sites for hydroxylation is 1. The highest BCUT2D eigenvalue weighted by Crippen LogP contribution is 2.38. The van der Waals surface area contributed by atoms with E-state index in [1.807, 2.05) is 18.3 Å². The van der Waals surface area contributed by atoms with Gasteiger partial charge in [0, 0.05) is 23.2 Å². The standard InChI is InChI=1S/C22H27N3/c1-7-17-13(3)21(24-15(17)5)20(19-11-9-10-12-23-19)22-14(4)18(8-2)16(6)25-22/h9-12,24H,7-8H2,1-6H3. The zero-order valence-corrected chi connectivity index (χ0v) is 16.1. The second kappa shape index (κ2) is 6.83. The fourth-order valence-corrected chi connectivity index (χ4v) is 3.95. The normalized spacial score (nSPS) is 16.5. The topological polar surface area (TPSA) is 41.0 Å². The maximum Gasteiger partial charge on any atom is 0.0780 e. The van der Waals surface area contributed by atoms with E-state index in [1.165, 1.54) is 28.0 Å². The van der Waals surface area contributed by atoms with Gasteiger partial charge >= 0.3 is 0 Å². The van der Waals surface area contributed by atoms with Gasteiger partial charge in [0.15, 0.2) is 0 Å². The number of nitrogens with one attached hydrogen (secondary N) is 1. The summed E-state index contributed by atoms with van der Waals surface area (Å²) < 4.78 is 0. The SMILES string of the molecule is CCC1=C(C)C(=C(c2ccccn2)c2[nH]c(C)c(CC)c2C)N=C1C. The Bertz CT molecular complexity index is 893. The van der Waals surface area contributed by atoms with Crippen molar-refractivity contribution in [2.24, 2.45) is 4.99 Å². The van der Waals surface area contributed by atoms with Crippen molar-refractivity contribution in [1.29, 1.82) is 0 Å². The van der Waals surface area contributed by atoms with Crippen molar-refractivity contribution in [2.45, 2.75) is 54.4 Å². The van der Waals surface area contributed by atoms with Gasteiger partial charge in [-0.2, -0.15) is 0 Å². The fourth-order valence-electron chi connectivity index (χ4n) is 3.95. The molecule has 130 valence electrons. The summed E-state index contributed by atoms with van der Waals surface area (Å²) >= 11 is 0. The quantitative estimate of drug-likeness (QED) is 0.783. The van der Waals surface area contributed by atoms with E-state index in [1.54, 1.807) is 0 Å². The van der Waals surface area contributed by atoms with Crippen LogP contribution in [0.1, 0.15) is 62.3 Å². The monoisotopic (exact) mass is 333 g/mol. The fraction of sp³-hybridized carbons (Fsp3) is 0.364. The number of rotatable bonds is 4. The number of H-pyrrole nitrogens is 1. The average Bonchev–Trinajstić information content (AvgIpc) is 3.05. The zero-order chi connectivity index (χ0) is 18.1. The van der Waals surface area contributed by atoms with E-state index in [0.717, 1.165) is 41.2 Å². The molecule has 0 amide bonds. The van der Waals surface area contributed by atoms with Gasteiger partial charge in [0.25, 0.3) is 0 Å². The van der Waals surface area contributed by atoms with E-state index in [4.69, 9.17) is 4.99 Å². The molecule has 0 radical (unpaired) electrons. The molecular formula is C22H27N3. The molecule has 25 heavy (non-hydrogen) atoms. The molecule has 0 bridgehead atoms. The smallest absolute Gasteiger partial charge is 0.0780 e. The molecule has 0 aromatic carbocycles. The first-order valence-corrected chi connectivity index (χ1v) is 9.09. The molecular weight excluding hydrogens is 306 g/mol. The Morgan fingerprint density at radius 3 is 2.32 bits per heavy atom. The Morgan fingerprint density at radius 1 is 1.04 bits per heavy atom. The predicted octanol–water partition coefficient (Wildman–Crippen LogP) is 5.55. The van der Waals surface area contributed by atoms with Gasteiger partial charge in [-0.3, -0.25) is 9.98 Å². The van der Waals surface area contributed by atoms with Gasteiger partial charge in [-0.05, 0) is 74.9 Å². The van der Waals surface area contributed by atoms with E-state index < -0.39 is 0 Å². The largest absolute Gasteiger partial charge is 0.358 e. The van der Waals surface area contributed by atoms with Gasteiger partial charge in [-0.25, -0.2) is 0 Å². The first-order chi connectivity index (χ1) is 12.0. The number of nitrogens with zero attached hydrogens (tertiary/aromatic N) is 2. The Hall–Kier alpha value is -2.42. The number of aromatic amines is 1. The summed E-state index contributed by atoms with van der Waals surface area (Å²) in [6.07, 6.45) is 3.88. The molecule has 1 aliphatic rings. The number of pyridine rings is 1. The van der Waals surface area contributed by atoms with E-state index in [2.05, 4.69) is 57.6 Å². The molecule has 0 atom stereocenters. The van der Waals surface area contributed by atoms with Crippen LogP contribution in [0.15, 0.2) is 46.2 Å². The lowest BCUT2D eigenvalue weighted by atomic mass is 9.96. The minimum absolute atomic E-state index is 0.970. The number of aromatic nitrogens is 2. The van der Waals surface area contributed by atoms with Crippen LogP contribution in [0.4, 0.5) is 0 Å². The van der Waals surface area contributed by atoms with Gasteiger partial charge in [0.05, 0.1) is 17.1 Å². The Balaban J connectivity index is 2.35. The molecule has 2 aromatic rings. The molecule has 0 aliphatic carbocycles. The molecule has 2 aromatic heterocycles. The first kappa shape index (κ1) is 17.4. The summed E-state index contributed by atoms with van der Waals surface area (Å²) in [6.45, 7) is 13.0. The third-order valence-corrected chi connectivity index (χ3v) is 5.23. The zero-order valence-electron chi connectivity index (χ0n) is 16.1. The van der Waals surface area contributed by atoms with Crippen LogP contribution in [-0.2, 0) is 6.42 Å². The lowest BCUT2D eigenvalue weighted by molar-refractivity contribution is 1.08. The first-order valence-electron chi connectivity index (χ1n) is 9.09. The summed E-state index contributed by atoms with van der Waals surface area (Å²) in [7, 11) is 0. The minimum atomic E-state index is 0.970. The number of allylic oxidation sites excluding steroid dienone is 2. The second-order valence-corrected chi connectivity index (χ2v) is 6.68. The third kappa shape index (κ3) is 2.88. The number of hydrogen-bond donors (Lipinski definition) is 1. The highest BCUT2D eigenvalue weighted by atomic mass is 14.8. The minimum Gasteiger partial charge on any atom is -0.358 e. The van der Waals surface area contributed by atoms with Crippen molar-refractivity contribution in [1.82, 2.24) is 9.97 Å². The van der Waals surface area contributed by atoms with Crippen LogP contribution >= 0.6 is 0 Å². The maximum absolute atomic E-state index is 4.94. The summed E-state index contributed by atoms with van der Waals surface area (Å²) in [5.41, 5.74) is 12.0. The van der Waals surface area contributed by atoms with E-state index in [9.17, 15) is 0 Å². The highest BCUT2D eigenvalue weighted by Gasteiger charge is 2.25. The molecule has 0 spiro atoms. The van der Waals surface area contributed by atoms with Crippen LogP contribution in [-0.4, -0.2) is 15.7 Å². The summed E-state index contributed by atoms with van der Waals surface area (Å²) in [5.74, 6) is 0. The Labute approximate surface area is 150 Å². The van der Waals surface area contributed by atoms with E-state index in [0.29, 0.717) is 0 Å². The van der Waals surface area contributed by atoms with Crippen molar-refractivity contribution < 1.29 is 0 Å². The average molecular weight is 333 g/mol. The van der Waals surface area contributed by atoms with Crippen LogP contribution in [0, 0.1) is 13.8 Å². The predicted molar refractivity (Wildman–Crippen MR) is 106 cm³/mol. The molecule has 1 aliphatic heterocycles. The second-order valence-electron chi connectivity index (χ2n) is 6.68. The van der Waals surface area contributed by atoms with Crippen LogP contribution in [0.5, 0.6) is 0 Å². The number of hydrogen-bond acceptors (Lipinski definition) is 2. The maximum atomic E-state index is 4.94. The molecule has 0 saturated heterocycles. The van der Waals surface area contributed by atoms with Gasteiger partial charge in [0.1, 0.15) is 0 Å².